The summed E-state index contributed by atoms with van der Waals surface area (Å²) in [6.45, 7) is 3.41. The third-order valence-corrected chi connectivity index (χ3v) is 3.81. The first-order valence-electron chi connectivity index (χ1n) is 6.42. The zero-order valence-corrected chi connectivity index (χ0v) is 11.7. The van der Waals surface area contributed by atoms with Gasteiger partial charge in [-0.15, -0.1) is 0 Å². The Labute approximate surface area is 120 Å². The summed E-state index contributed by atoms with van der Waals surface area (Å²) in [4.78, 5) is 31.8. The summed E-state index contributed by atoms with van der Waals surface area (Å²) < 4.78 is 0. The minimum Gasteiger partial charge on any atom is -0.481 e. The van der Waals surface area contributed by atoms with Crippen molar-refractivity contribution >= 4 is 17.3 Å². The molecule has 0 amide bonds. The van der Waals surface area contributed by atoms with Crippen LogP contribution in [0.1, 0.15) is 32.3 Å². The number of rotatable bonds is 7. The lowest BCUT2D eigenvalue weighted by molar-refractivity contribution is -0.394. The van der Waals surface area contributed by atoms with Crippen molar-refractivity contribution in [2.24, 2.45) is 5.41 Å². The molecule has 0 radical (unpaired) electrons. The van der Waals surface area contributed by atoms with Crippen LogP contribution in [0.25, 0.3) is 0 Å². The Morgan fingerprint density at radius 1 is 1.19 bits per heavy atom. The Balaban J connectivity index is 3.33. The average molecular weight is 296 g/mol. The predicted molar refractivity (Wildman–Crippen MR) is 74.1 cm³/mol. The van der Waals surface area contributed by atoms with E-state index >= 15 is 0 Å². The first-order valence-corrected chi connectivity index (χ1v) is 6.42. The van der Waals surface area contributed by atoms with Gasteiger partial charge in [0.2, 0.25) is 0 Å². The van der Waals surface area contributed by atoms with Crippen LogP contribution in [0.3, 0.4) is 0 Å². The van der Waals surface area contributed by atoms with E-state index in [4.69, 9.17) is 0 Å². The van der Waals surface area contributed by atoms with Gasteiger partial charge in [-0.2, -0.15) is 0 Å². The summed E-state index contributed by atoms with van der Waals surface area (Å²) >= 11 is 0. The number of nitro benzene ring substituents is 2. The van der Waals surface area contributed by atoms with Gasteiger partial charge in [0, 0.05) is 11.6 Å². The van der Waals surface area contributed by atoms with Crippen LogP contribution in [-0.4, -0.2) is 20.9 Å². The molecule has 1 aromatic rings. The number of non-ortho nitro benzene ring substituents is 1. The Bertz CT molecular complexity index is 580. The van der Waals surface area contributed by atoms with Crippen molar-refractivity contribution in [1.29, 1.82) is 0 Å². The maximum atomic E-state index is 11.5. The Kier molecular flexibility index (Phi) is 4.96. The van der Waals surface area contributed by atoms with Crippen LogP contribution in [0.4, 0.5) is 11.4 Å². The second-order valence-corrected chi connectivity index (χ2v) is 4.80. The standard InChI is InChI=1S/C13H16N2O6/c1-3-13(4-2,12(16)17)8-9-5-6-10(14(18)19)7-11(9)15(20)21/h5-7H,3-4,8H2,1-2H3,(H,16,17). The number of nitro groups is 2. The topological polar surface area (TPSA) is 124 Å². The number of nitrogens with zero attached hydrogens (tertiary/aromatic N) is 2. The number of hydrogen-bond acceptors (Lipinski definition) is 5. The van der Waals surface area contributed by atoms with E-state index in [0.717, 1.165) is 12.1 Å². The predicted octanol–water partition coefficient (Wildman–Crippen LogP) is 2.94. The molecule has 114 valence electrons. The van der Waals surface area contributed by atoms with Gasteiger partial charge in [-0.3, -0.25) is 25.0 Å². The lowest BCUT2D eigenvalue weighted by Crippen LogP contribution is -2.32. The van der Waals surface area contributed by atoms with E-state index in [-0.39, 0.29) is 17.7 Å². The molecule has 0 heterocycles. The highest BCUT2D eigenvalue weighted by Crippen LogP contribution is 2.35. The molecule has 0 unspecified atom stereocenters. The van der Waals surface area contributed by atoms with Gasteiger partial charge in [0.15, 0.2) is 0 Å². The number of hydrogen-bond donors (Lipinski definition) is 1. The first-order chi connectivity index (χ1) is 9.77. The molecule has 0 bridgehead atoms. The molecule has 0 atom stereocenters. The van der Waals surface area contributed by atoms with Crippen molar-refractivity contribution in [2.75, 3.05) is 0 Å². The summed E-state index contributed by atoms with van der Waals surface area (Å²) in [6.07, 6.45) is 0.587. The highest BCUT2D eigenvalue weighted by atomic mass is 16.6. The second-order valence-electron chi connectivity index (χ2n) is 4.80. The lowest BCUT2D eigenvalue weighted by atomic mass is 9.76. The fraction of sp³-hybridized carbons (Fsp3) is 0.462. The number of aliphatic carboxylic acids is 1. The lowest BCUT2D eigenvalue weighted by Gasteiger charge is -2.26. The van der Waals surface area contributed by atoms with Crippen molar-refractivity contribution in [3.8, 4) is 0 Å². The fourth-order valence-corrected chi connectivity index (χ4v) is 2.23. The molecule has 1 aromatic carbocycles. The van der Waals surface area contributed by atoms with E-state index in [2.05, 4.69) is 0 Å². The summed E-state index contributed by atoms with van der Waals surface area (Å²) in [7, 11) is 0. The van der Waals surface area contributed by atoms with E-state index in [1.54, 1.807) is 13.8 Å². The Morgan fingerprint density at radius 2 is 1.76 bits per heavy atom. The minimum atomic E-state index is -1.11. The highest BCUT2D eigenvalue weighted by molar-refractivity contribution is 5.75. The molecule has 8 nitrogen and oxygen atoms in total. The van der Waals surface area contributed by atoms with E-state index in [9.17, 15) is 30.1 Å². The molecule has 21 heavy (non-hydrogen) atoms. The van der Waals surface area contributed by atoms with Crippen LogP contribution in [0.2, 0.25) is 0 Å². The molecule has 0 aliphatic rings. The van der Waals surface area contributed by atoms with Crippen molar-refractivity contribution < 1.29 is 19.7 Å². The van der Waals surface area contributed by atoms with Gasteiger partial charge in [0.05, 0.1) is 21.3 Å². The van der Waals surface area contributed by atoms with E-state index in [1.165, 1.54) is 6.07 Å². The zero-order chi connectivity index (χ0) is 16.2. The maximum absolute atomic E-state index is 11.5. The molecular weight excluding hydrogens is 280 g/mol. The summed E-state index contributed by atoms with van der Waals surface area (Å²) in [5.41, 5.74) is -1.73. The normalized spacial score (nSPS) is 11.1. The molecule has 8 heteroatoms. The van der Waals surface area contributed by atoms with Gasteiger partial charge < -0.3 is 5.11 Å². The quantitative estimate of drug-likeness (QED) is 0.609. The number of carbonyl (C=O) groups is 1. The molecule has 0 spiro atoms. The Hall–Kier alpha value is -2.51. The van der Waals surface area contributed by atoms with Crippen LogP contribution in [-0.2, 0) is 11.2 Å². The molecule has 0 aromatic heterocycles. The Morgan fingerprint density at radius 3 is 2.14 bits per heavy atom. The minimum absolute atomic E-state index is 0.0381. The zero-order valence-electron chi connectivity index (χ0n) is 11.7. The molecule has 0 saturated carbocycles. The molecule has 0 aliphatic heterocycles. The van der Waals surface area contributed by atoms with E-state index < -0.39 is 26.9 Å². The molecule has 0 fully saturated rings. The van der Waals surface area contributed by atoms with Crippen molar-refractivity contribution in [3.63, 3.8) is 0 Å². The van der Waals surface area contributed by atoms with Gasteiger partial charge >= 0.3 is 5.97 Å². The molecule has 1 rings (SSSR count). The highest BCUT2D eigenvalue weighted by Gasteiger charge is 2.37. The van der Waals surface area contributed by atoms with Crippen LogP contribution >= 0.6 is 0 Å². The number of carboxylic acid groups (broad SMARTS) is 1. The number of benzene rings is 1. The van der Waals surface area contributed by atoms with Gasteiger partial charge in [-0.05, 0) is 25.3 Å². The van der Waals surface area contributed by atoms with Crippen LogP contribution in [0, 0.1) is 25.6 Å². The van der Waals surface area contributed by atoms with Gasteiger partial charge in [-0.1, -0.05) is 13.8 Å². The summed E-state index contributed by atoms with van der Waals surface area (Å²) in [5.74, 6) is -1.03. The second kappa shape index (κ2) is 6.29. The SMILES string of the molecule is CCC(CC)(Cc1ccc([N+](=O)[O-])cc1[N+](=O)[O-])C(=O)O. The average Bonchev–Trinajstić information content (AvgIpc) is 2.44. The van der Waals surface area contributed by atoms with Crippen molar-refractivity contribution in [2.45, 2.75) is 33.1 Å². The maximum Gasteiger partial charge on any atom is 0.309 e. The first kappa shape index (κ1) is 16.5. The molecule has 1 N–H and O–H groups in total. The van der Waals surface area contributed by atoms with E-state index in [1.807, 2.05) is 0 Å². The summed E-state index contributed by atoms with van der Waals surface area (Å²) in [6, 6.07) is 3.28. The largest absolute Gasteiger partial charge is 0.481 e. The van der Waals surface area contributed by atoms with E-state index in [0.29, 0.717) is 12.8 Å². The smallest absolute Gasteiger partial charge is 0.309 e. The molecular formula is C13H16N2O6. The van der Waals surface area contributed by atoms with Crippen LogP contribution in [0.15, 0.2) is 18.2 Å². The third kappa shape index (κ3) is 3.33. The molecule has 0 saturated heterocycles. The van der Waals surface area contributed by atoms with Crippen LogP contribution < -0.4 is 0 Å². The van der Waals surface area contributed by atoms with Crippen molar-refractivity contribution in [1.82, 2.24) is 0 Å². The van der Waals surface area contributed by atoms with Gasteiger partial charge in [-0.25, -0.2) is 0 Å². The third-order valence-electron chi connectivity index (χ3n) is 3.81. The van der Waals surface area contributed by atoms with Gasteiger partial charge in [0.1, 0.15) is 0 Å². The molecule has 0 aliphatic carbocycles. The van der Waals surface area contributed by atoms with Gasteiger partial charge in [0.25, 0.3) is 11.4 Å². The van der Waals surface area contributed by atoms with Crippen molar-refractivity contribution in [3.05, 3.63) is 44.0 Å². The fourth-order valence-electron chi connectivity index (χ4n) is 2.23. The summed E-state index contributed by atoms with van der Waals surface area (Å²) in [5, 5.41) is 31.1. The van der Waals surface area contributed by atoms with Crippen LogP contribution in [0.5, 0.6) is 0 Å². The monoisotopic (exact) mass is 296 g/mol. The number of carboxylic acids is 1.